The van der Waals surface area contributed by atoms with Crippen LogP contribution < -0.4 is 4.72 Å². The minimum absolute atomic E-state index is 0.00471. The summed E-state index contributed by atoms with van der Waals surface area (Å²) in [6.07, 6.45) is 0. The Morgan fingerprint density at radius 2 is 1.81 bits per heavy atom. The Morgan fingerprint density at radius 3 is 2.43 bits per heavy atom. The average Bonchev–Trinajstić information content (AvgIpc) is 2.41. The number of anilines is 1. The van der Waals surface area contributed by atoms with Crippen molar-refractivity contribution in [3.8, 4) is 0 Å². The van der Waals surface area contributed by atoms with E-state index in [9.17, 15) is 13.2 Å². The van der Waals surface area contributed by atoms with Gasteiger partial charge in [0.05, 0.1) is 11.3 Å². The molecule has 5 nitrogen and oxygen atoms in total. The van der Waals surface area contributed by atoms with Crippen molar-refractivity contribution in [1.29, 1.82) is 0 Å². The number of hydrogen-bond acceptors (Lipinski definition) is 3. The van der Waals surface area contributed by atoms with Gasteiger partial charge in [0.25, 0.3) is 0 Å². The lowest BCUT2D eigenvalue weighted by molar-refractivity contribution is 0.0696. The monoisotopic (exact) mass is 369 g/mol. The van der Waals surface area contributed by atoms with Gasteiger partial charge in [-0.3, -0.25) is 4.72 Å². The lowest BCUT2D eigenvalue weighted by Crippen LogP contribution is -2.15. The molecule has 0 aliphatic rings. The second kappa shape index (κ2) is 6.28. The molecule has 0 aliphatic carbocycles. The zero-order valence-corrected chi connectivity index (χ0v) is 13.2. The highest BCUT2D eigenvalue weighted by Gasteiger charge is 2.14. The van der Waals surface area contributed by atoms with Gasteiger partial charge in [-0.15, -0.1) is 0 Å². The largest absolute Gasteiger partial charge is 0.478 e. The summed E-state index contributed by atoms with van der Waals surface area (Å²) in [5.74, 6) is -1.31. The molecule has 0 atom stereocenters. The Hall–Kier alpha value is -1.86. The highest BCUT2D eigenvalue weighted by Crippen LogP contribution is 2.22. The molecular formula is C14H12BrNO4S. The van der Waals surface area contributed by atoms with E-state index >= 15 is 0 Å². The van der Waals surface area contributed by atoms with Crippen LogP contribution in [-0.2, 0) is 15.8 Å². The standard InChI is InChI=1S/C14H12BrNO4S/c15-13-7-6-11(8-12(13)14(17)18)16-21(19,20)9-10-4-2-1-3-5-10/h1-8,16H,9H2,(H,17,18). The van der Waals surface area contributed by atoms with Crippen LogP contribution in [0.5, 0.6) is 0 Å². The first-order chi connectivity index (χ1) is 9.87. The first kappa shape index (κ1) is 15.5. The molecule has 7 heteroatoms. The number of carboxylic acid groups (broad SMARTS) is 1. The van der Waals surface area contributed by atoms with E-state index in [2.05, 4.69) is 20.7 Å². The van der Waals surface area contributed by atoms with Gasteiger partial charge in [0.1, 0.15) is 0 Å². The van der Waals surface area contributed by atoms with Gasteiger partial charge in [0.2, 0.25) is 10.0 Å². The van der Waals surface area contributed by atoms with Crippen molar-refractivity contribution in [2.24, 2.45) is 0 Å². The molecule has 0 saturated heterocycles. The summed E-state index contributed by atoms with van der Waals surface area (Å²) in [5, 5.41) is 9.02. The van der Waals surface area contributed by atoms with Gasteiger partial charge in [-0.05, 0) is 39.7 Å². The van der Waals surface area contributed by atoms with Crippen LogP contribution in [0.15, 0.2) is 53.0 Å². The van der Waals surface area contributed by atoms with Crippen molar-refractivity contribution in [1.82, 2.24) is 0 Å². The average molecular weight is 370 g/mol. The molecular weight excluding hydrogens is 358 g/mol. The van der Waals surface area contributed by atoms with Crippen molar-refractivity contribution in [2.45, 2.75) is 5.75 Å². The fourth-order valence-electron chi connectivity index (χ4n) is 1.76. The minimum atomic E-state index is -3.60. The van der Waals surface area contributed by atoms with E-state index < -0.39 is 16.0 Å². The lowest BCUT2D eigenvalue weighted by atomic mass is 10.2. The molecule has 2 aromatic rings. The number of nitrogens with one attached hydrogen (secondary N) is 1. The highest BCUT2D eigenvalue weighted by atomic mass is 79.9. The molecule has 0 spiro atoms. The third-order valence-electron chi connectivity index (χ3n) is 2.67. The summed E-state index contributed by atoms with van der Waals surface area (Å²) in [7, 11) is -3.60. The Balaban J connectivity index is 2.21. The molecule has 0 unspecified atom stereocenters. The zero-order chi connectivity index (χ0) is 15.5. The Labute approximate surface area is 130 Å². The van der Waals surface area contributed by atoms with Crippen LogP contribution in [-0.4, -0.2) is 19.5 Å². The summed E-state index contributed by atoms with van der Waals surface area (Å²) < 4.78 is 26.9. The molecule has 0 bridgehead atoms. The third kappa shape index (κ3) is 4.30. The predicted octanol–water partition coefficient (Wildman–Crippen LogP) is 3.09. The van der Waals surface area contributed by atoms with Crippen molar-refractivity contribution in [3.05, 3.63) is 64.1 Å². The number of carboxylic acids is 1. The van der Waals surface area contributed by atoms with Crippen LogP contribution in [0.4, 0.5) is 5.69 Å². The van der Waals surface area contributed by atoms with Crippen LogP contribution in [0.1, 0.15) is 15.9 Å². The van der Waals surface area contributed by atoms with E-state index in [-0.39, 0.29) is 17.0 Å². The van der Waals surface area contributed by atoms with Crippen LogP contribution in [0.3, 0.4) is 0 Å². The van der Waals surface area contributed by atoms with Crippen molar-refractivity contribution < 1.29 is 18.3 Å². The quantitative estimate of drug-likeness (QED) is 0.847. The molecule has 2 aromatic carbocycles. The summed E-state index contributed by atoms with van der Waals surface area (Å²) in [6, 6.07) is 13.0. The first-order valence-corrected chi connectivity index (χ1v) is 8.39. The fourth-order valence-corrected chi connectivity index (χ4v) is 3.37. The van der Waals surface area contributed by atoms with Crippen molar-refractivity contribution in [2.75, 3.05) is 4.72 Å². The second-order valence-electron chi connectivity index (χ2n) is 4.35. The maximum Gasteiger partial charge on any atom is 0.336 e. The van der Waals surface area contributed by atoms with Gasteiger partial charge < -0.3 is 5.11 Å². The van der Waals surface area contributed by atoms with Gasteiger partial charge in [-0.2, -0.15) is 0 Å². The molecule has 2 N–H and O–H groups in total. The molecule has 0 aromatic heterocycles. The molecule has 2 rings (SSSR count). The molecule has 21 heavy (non-hydrogen) atoms. The molecule has 0 radical (unpaired) electrons. The van der Waals surface area contributed by atoms with E-state index in [1.54, 1.807) is 30.3 Å². The number of carbonyl (C=O) groups is 1. The molecule has 110 valence electrons. The Bertz CT molecular complexity index is 760. The smallest absolute Gasteiger partial charge is 0.336 e. The maximum absolute atomic E-state index is 12.1. The first-order valence-electron chi connectivity index (χ1n) is 5.95. The predicted molar refractivity (Wildman–Crippen MR) is 83.8 cm³/mol. The van der Waals surface area contributed by atoms with Gasteiger partial charge in [0.15, 0.2) is 0 Å². The third-order valence-corrected chi connectivity index (χ3v) is 4.62. The van der Waals surface area contributed by atoms with Crippen LogP contribution in [0.25, 0.3) is 0 Å². The van der Waals surface area contributed by atoms with E-state index in [1.165, 1.54) is 18.2 Å². The molecule has 0 amide bonds. The van der Waals surface area contributed by atoms with Gasteiger partial charge >= 0.3 is 5.97 Å². The van der Waals surface area contributed by atoms with Gasteiger partial charge in [-0.1, -0.05) is 30.3 Å². The minimum Gasteiger partial charge on any atom is -0.478 e. The van der Waals surface area contributed by atoms with E-state index in [1.807, 2.05) is 0 Å². The zero-order valence-electron chi connectivity index (χ0n) is 10.8. The SMILES string of the molecule is O=C(O)c1cc(NS(=O)(=O)Cc2ccccc2)ccc1Br. The van der Waals surface area contributed by atoms with E-state index in [0.717, 1.165) is 0 Å². The fraction of sp³-hybridized carbons (Fsp3) is 0.0714. The highest BCUT2D eigenvalue weighted by molar-refractivity contribution is 9.10. The number of halogens is 1. The second-order valence-corrected chi connectivity index (χ2v) is 6.92. The van der Waals surface area contributed by atoms with Crippen LogP contribution in [0, 0.1) is 0 Å². The number of rotatable bonds is 5. The van der Waals surface area contributed by atoms with Crippen LogP contribution in [0.2, 0.25) is 0 Å². The molecule has 0 fully saturated rings. The summed E-state index contributed by atoms with van der Waals surface area (Å²) in [4.78, 5) is 11.0. The number of aromatic carboxylic acids is 1. The van der Waals surface area contributed by atoms with Gasteiger partial charge in [-0.25, -0.2) is 13.2 Å². The van der Waals surface area contributed by atoms with Crippen molar-refractivity contribution >= 4 is 37.6 Å². The Kier molecular flexibility index (Phi) is 4.64. The van der Waals surface area contributed by atoms with Crippen molar-refractivity contribution in [3.63, 3.8) is 0 Å². The topological polar surface area (TPSA) is 83.5 Å². The van der Waals surface area contributed by atoms with Crippen LogP contribution >= 0.6 is 15.9 Å². The number of benzene rings is 2. The summed E-state index contributed by atoms with van der Waals surface area (Å²) in [5.41, 5.74) is 0.863. The maximum atomic E-state index is 12.1. The molecule has 0 saturated carbocycles. The normalized spacial score (nSPS) is 11.1. The number of sulfonamides is 1. The van der Waals surface area contributed by atoms with Gasteiger partial charge in [0, 0.05) is 10.2 Å². The summed E-state index contributed by atoms with van der Waals surface area (Å²) in [6.45, 7) is 0. The lowest BCUT2D eigenvalue weighted by Gasteiger charge is -2.09. The van der Waals surface area contributed by atoms with E-state index in [4.69, 9.17) is 5.11 Å². The number of hydrogen-bond donors (Lipinski definition) is 2. The summed E-state index contributed by atoms with van der Waals surface area (Å²) >= 11 is 3.11. The Morgan fingerprint density at radius 1 is 1.14 bits per heavy atom. The van der Waals surface area contributed by atoms with E-state index in [0.29, 0.717) is 10.0 Å². The molecule has 0 heterocycles. The molecule has 0 aliphatic heterocycles.